The minimum atomic E-state index is -3.54. The Morgan fingerprint density at radius 2 is 1.53 bits per heavy atom. The van der Waals surface area contributed by atoms with Crippen molar-refractivity contribution in [1.82, 2.24) is 14.9 Å². The van der Waals surface area contributed by atoms with Crippen LogP contribution in [0.5, 0.6) is 5.75 Å². The third-order valence-electron chi connectivity index (χ3n) is 6.18. The lowest BCUT2D eigenvalue weighted by atomic mass is 10.1. The molecule has 0 aliphatic carbocycles. The summed E-state index contributed by atoms with van der Waals surface area (Å²) < 4.78 is 32.0. The number of hydrogen-bond donors (Lipinski definition) is 2. The molecule has 38 heavy (non-hydrogen) atoms. The molecule has 1 atom stereocenters. The topological polar surface area (TPSA) is 105 Å². The normalized spacial score (nSPS) is 12.0. The van der Waals surface area contributed by atoms with Gasteiger partial charge < -0.3 is 15.0 Å². The first kappa shape index (κ1) is 28.9. The van der Waals surface area contributed by atoms with Crippen LogP contribution >= 0.6 is 0 Å². The molecule has 8 nitrogen and oxygen atoms in total. The van der Waals surface area contributed by atoms with Crippen LogP contribution in [-0.2, 0) is 39.1 Å². The molecule has 3 aromatic carbocycles. The Labute approximate surface area is 225 Å². The van der Waals surface area contributed by atoms with Gasteiger partial charge in [0.25, 0.3) is 0 Å². The van der Waals surface area contributed by atoms with Crippen LogP contribution in [0, 0.1) is 0 Å². The van der Waals surface area contributed by atoms with E-state index < -0.39 is 16.1 Å². The number of hydrogen-bond acceptors (Lipinski definition) is 5. The highest BCUT2D eigenvalue weighted by Crippen LogP contribution is 2.17. The van der Waals surface area contributed by atoms with Crippen LogP contribution in [0.15, 0.2) is 83.8 Å². The fourth-order valence-electron chi connectivity index (χ4n) is 3.95. The Kier molecular flexibility index (Phi) is 10.4. The fraction of sp³-hybridized carbons (Fsp3) is 0.310. The number of ether oxygens (including phenoxy) is 1. The van der Waals surface area contributed by atoms with E-state index in [-0.39, 0.29) is 29.7 Å². The number of rotatable bonds is 13. The van der Waals surface area contributed by atoms with Gasteiger partial charge in [-0.1, -0.05) is 61.5 Å². The zero-order valence-corrected chi connectivity index (χ0v) is 22.8. The second-order valence-electron chi connectivity index (χ2n) is 8.89. The smallest absolute Gasteiger partial charge is 0.242 e. The van der Waals surface area contributed by atoms with E-state index in [0.29, 0.717) is 25.3 Å². The predicted molar refractivity (Wildman–Crippen MR) is 147 cm³/mol. The second kappa shape index (κ2) is 13.7. The van der Waals surface area contributed by atoms with Gasteiger partial charge in [-0.2, -0.15) is 0 Å². The van der Waals surface area contributed by atoms with Gasteiger partial charge in [-0.25, -0.2) is 13.1 Å². The molecule has 0 fully saturated rings. The number of aryl methyl sites for hydroxylation is 1. The molecule has 0 bridgehead atoms. The van der Waals surface area contributed by atoms with Crippen LogP contribution in [0.1, 0.15) is 37.0 Å². The lowest BCUT2D eigenvalue weighted by Gasteiger charge is -2.29. The first-order valence-electron chi connectivity index (χ1n) is 12.6. The number of carbonyl (C=O) groups excluding carboxylic acids is 2. The van der Waals surface area contributed by atoms with Crippen molar-refractivity contribution in [2.24, 2.45) is 0 Å². The van der Waals surface area contributed by atoms with Crippen LogP contribution in [0.25, 0.3) is 0 Å². The quantitative estimate of drug-likeness (QED) is 0.346. The third kappa shape index (κ3) is 8.16. The largest absolute Gasteiger partial charge is 0.497 e. The van der Waals surface area contributed by atoms with Crippen molar-refractivity contribution in [3.8, 4) is 5.75 Å². The van der Waals surface area contributed by atoms with E-state index in [1.54, 1.807) is 38.0 Å². The summed E-state index contributed by atoms with van der Waals surface area (Å²) in [6.45, 7) is 4.39. The summed E-state index contributed by atoms with van der Waals surface area (Å²) in [5, 5.41) is 2.93. The monoisotopic (exact) mass is 537 g/mol. The Hall–Kier alpha value is -3.69. The minimum absolute atomic E-state index is 0.172. The number of sulfonamides is 1. The van der Waals surface area contributed by atoms with Gasteiger partial charge in [-0.05, 0) is 54.3 Å². The van der Waals surface area contributed by atoms with Crippen molar-refractivity contribution in [3.63, 3.8) is 0 Å². The maximum atomic E-state index is 13.4. The van der Waals surface area contributed by atoms with Crippen molar-refractivity contribution in [2.75, 3.05) is 13.7 Å². The second-order valence-corrected chi connectivity index (χ2v) is 10.7. The maximum absolute atomic E-state index is 13.4. The lowest BCUT2D eigenvalue weighted by Crippen LogP contribution is -2.47. The van der Waals surface area contributed by atoms with Crippen LogP contribution in [-0.4, -0.2) is 44.8 Å². The van der Waals surface area contributed by atoms with Crippen molar-refractivity contribution in [3.05, 3.63) is 95.6 Å². The molecule has 0 aliphatic rings. The molecule has 0 saturated carbocycles. The molecule has 0 heterocycles. The first-order chi connectivity index (χ1) is 18.2. The van der Waals surface area contributed by atoms with Gasteiger partial charge in [0.05, 0.1) is 12.0 Å². The summed E-state index contributed by atoms with van der Waals surface area (Å²) in [5.41, 5.74) is 2.68. The molecule has 0 spiro atoms. The summed E-state index contributed by atoms with van der Waals surface area (Å²) in [6, 6.07) is 22.8. The molecule has 0 aromatic heterocycles. The minimum Gasteiger partial charge on any atom is -0.497 e. The van der Waals surface area contributed by atoms with Crippen molar-refractivity contribution < 1.29 is 22.7 Å². The molecule has 2 amide bonds. The Balaban J connectivity index is 1.70. The summed E-state index contributed by atoms with van der Waals surface area (Å²) in [5.74, 6) is 0.293. The number of nitrogens with zero attached hydrogens (tertiary/aromatic N) is 1. The van der Waals surface area contributed by atoms with Gasteiger partial charge in [0, 0.05) is 26.1 Å². The molecule has 1 unspecified atom stereocenters. The highest BCUT2D eigenvalue weighted by Gasteiger charge is 2.26. The summed E-state index contributed by atoms with van der Waals surface area (Å²) >= 11 is 0. The molecule has 2 N–H and O–H groups in total. The van der Waals surface area contributed by atoms with Gasteiger partial charge >= 0.3 is 0 Å². The van der Waals surface area contributed by atoms with Crippen LogP contribution < -0.4 is 14.8 Å². The zero-order valence-electron chi connectivity index (χ0n) is 22.0. The highest BCUT2D eigenvalue weighted by molar-refractivity contribution is 7.89. The number of methoxy groups -OCH3 is 1. The van der Waals surface area contributed by atoms with Gasteiger partial charge in [-0.3, -0.25) is 9.59 Å². The van der Waals surface area contributed by atoms with Gasteiger partial charge in [0.2, 0.25) is 21.8 Å². The van der Waals surface area contributed by atoms with Gasteiger partial charge in [-0.15, -0.1) is 0 Å². The van der Waals surface area contributed by atoms with Crippen molar-refractivity contribution in [1.29, 1.82) is 0 Å². The van der Waals surface area contributed by atoms with E-state index in [1.807, 2.05) is 54.6 Å². The van der Waals surface area contributed by atoms with Gasteiger partial charge in [0.15, 0.2) is 0 Å². The average molecular weight is 538 g/mol. The summed E-state index contributed by atoms with van der Waals surface area (Å²) in [6.07, 6.45) is 0.587. The molecule has 0 saturated heterocycles. The maximum Gasteiger partial charge on any atom is 0.242 e. The highest BCUT2D eigenvalue weighted by atomic mass is 32.2. The molecule has 9 heteroatoms. The summed E-state index contributed by atoms with van der Waals surface area (Å²) in [4.78, 5) is 28.2. The predicted octanol–water partition coefficient (Wildman–Crippen LogP) is 3.66. The number of nitrogens with one attached hydrogen (secondary N) is 2. The first-order valence-corrected chi connectivity index (χ1v) is 14.0. The van der Waals surface area contributed by atoms with Crippen LogP contribution in [0.4, 0.5) is 0 Å². The van der Waals surface area contributed by atoms with E-state index >= 15 is 0 Å². The Bertz CT molecular complexity index is 1290. The average Bonchev–Trinajstić information content (AvgIpc) is 2.94. The van der Waals surface area contributed by atoms with Crippen LogP contribution in [0.2, 0.25) is 0 Å². The van der Waals surface area contributed by atoms with Crippen LogP contribution in [0.3, 0.4) is 0 Å². The van der Waals surface area contributed by atoms with E-state index in [0.717, 1.165) is 16.7 Å². The molecule has 3 rings (SSSR count). The molecule has 0 aliphatic heterocycles. The number of benzene rings is 3. The van der Waals surface area contributed by atoms with E-state index in [1.165, 1.54) is 12.1 Å². The zero-order chi connectivity index (χ0) is 27.5. The Morgan fingerprint density at radius 3 is 2.13 bits per heavy atom. The fourth-order valence-corrected chi connectivity index (χ4v) is 4.99. The third-order valence-corrected chi connectivity index (χ3v) is 7.75. The molecular formula is C29H35N3O5S. The van der Waals surface area contributed by atoms with E-state index in [4.69, 9.17) is 4.74 Å². The lowest BCUT2D eigenvalue weighted by molar-refractivity contribution is -0.140. The molecule has 3 aromatic rings. The van der Waals surface area contributed by atoms with Crippen molar-refractivity contribution >= 4 is 21.8 Å². The van der Waals surface area contributed by atoms with E-state index in [9.17, 15) is 18.0 Å². The van der Waals surface area contributed by atoms with Gasteiger partial charge in [0.1, 0.15) is 11.8 Å². The standard InChI is InChI=1S/C29H35N3O5S/c1-4-31-38(35,36)27-17-12-23(13-18-27)14-19-28(33)32(21-25-10-15-26(37-3)16-11-25)22(2)29(34)30-20-24-8-6-5-7-9-24/h5-13,15-18,22,31H,4,14,19-21H2,1-3H3,(H,30,34). The number of carbonyl (C=O) groups is 2. The Morgan fingerprint density at radius 1 is 0.895 bits per heavy atom. The molecule has 0 radical (unpaired) electrons. The summed E-state index contributed by atoms with van der Waals surface area (Å²) in [7, 11) is -1.95. The number of amides is 2. The molecule has 202 valence electrons. The van der Waals surface area contributed by atoms with Crippen molar-refractivity contribution in [2.45, 2.75) is 50.7 Å². The molecular weight excluding hydrogens is 502 g/mol. The van der Waals surface area contributed by atoms with E-state index in [2.05, 4.69) is 10.0 Å². The SMILES string of the molecule is CCNS(=O)(=O)c1ccc(CCC(=O)N(Cc2ccc(OC)cc2)C(C)C(=O)NCc2ccccc2)cc1.